The Bertz CT molecular complexity index is 4610. The van der Waals surface area contributed by atoms with E-state index in [0.29, 0.717) is 29.4 Å². The summed E-state index contributed by atoms with van der Waals surface area (Å²) in [4.78, 5) is 18.1. The molecule has 4 unspecified atom stereocenters. The van der Waals surface area contributed by atoms with Crippen molar-refractivity contribution >= 4 is 93.5 Å². The molecule has 0 amide bonds. The van der Waals surface area contributed by atoms with Crippen molar-refractivity contribution in [3.63, 3.8) is 0 Å². The molecule has 342 valence electrons. The zero-order chi connectivity index (χ0) is 47.5. The number of para-hydroxylation sites is 2. The number of rotatable bonds is 6. The minimum atomic E-state index is 0.291. The highest BCUT2D eigenvalue weighted by molar-refractivity contribution is 7.19. The van der Waals surface area contributed by atoms with Gasteiger partial charge in [-0.2, -0.15) is 9.97 Å². The minimum absolute atomic E-state index is 0.291. The van der Waals surface area contributed by atoms with Gasteiger partial charge in [0.1, 0.15) is 11.3 Å². The Morgan fingerprint density at radius 1 is 0.479 bits per heavy atom. The van der Waals surface area contributed by atoms with Crippen molar-refractivity contribution in [2.75, 3.05) is 0 Å². The fraction of sp³-hybridized carbons (Fsp3) is 0.0896. The fourth-order valence-corrected chi connectivity index (χ4v) is 14.3. The molecule has 4 aliphatic rings. The molecule has 4 heterocycles. The standard InChI is InChI=1S/C67H42N4OS/c1-2-13-37(14-3-1)65-68-66(56-36-58-60(55-35-54(55)56)51-23-8-9-26-57(51)72-58)70-67(69-65)71-62-44(24-12-25-52(62)61-48-21-6-4-19-45(48)46-20-5-7-22-49(46)63(61)71)42-18-11-17-40(32-42)38-15-10-16-39(31-38)41-27-29-47-50-30-28-43-33-53(43)64(50)73-59(47)34-41/h1-32,34,36,43,53-55H,33,35H2. The van der Waals surface area contributed by atoms with Crippen LogP contribution in [0.15, 0.2) is 199 Å². The predicted octanol–water partition coefficient (Wildman–Crippen LogP) is 17.7. The van der Waals surface area contributed by atoms with Crippen molar-refractivity contribution in [2.24, 2.45) is 11.8 Å². The van der Waals surface area contributed by atoms with Crippen LogP contribution in [0.4, 0.5) is 0 Å². The third kappa shape index (κ3) is 5.93. The van der Waals surface area contributed by atoms with Gasteiger partial charge in [-0.3, -0.25) is 4.57 Å². The second-order valence-electron chi connectivity index (χ2n) is 20.5. The maximum Gasteiger partial charge on any atom is 0.238 e. The van der Waals surface area contributed by atoms with Gasteiger partial charge in [0.2, 0.25) is 5.95 Å². The van der Waals surface area contributed by atoms with Gasteiger partial charge in [-0.05, 0) is 110 Å². The Morgan fingerprint density at radius 3 is 1.97 bits per heavy atom. The highest BCUT2D eigenvalue weighted by Gasteiger charge is 2.48. The lowest BCUT2D eigenvalue weighted by Gasteiger charge is -2.16. The largest absolute Gasteiger partial charge is 0.456 e. The van der Waals surface area contributed by atoms with Crippen LogP contribution in [0, 0.1) is 11.8 Å². The topological polar surface area (TPSA) is 56.7 Å². The summed E-state index contributed by atoms with van der Waals surface area (Å²) in [5.41, 5.74) is 14.9. The van der Waals surface area contributed by atoms with Crippen LogP contribution in [0.3, 0.4) is 0 Å². The summed E-state index contributed by atoms with van der Waals surface area (Å²) in [6.45, 7) is 0. The Kier molecular flexibility index (Phi) is 8.16. The van der Waals surface area contributed by atoms with E-state index in [2.05, 4.69) is 205 Å². The summed E-state index contributed by atoms with van der Waals surface area (Å²) >= 11 is 2.00. The van der Waals surface area contributed by atoms with Crippen LogP contribution in [0.2, 0.25) is 0 Å². The molecule has 0 saturated heterocycles. The first kappa shape index (κ1) is 39.9. The molecule has 73 heavy (non-hydrogen) atoms. The Hall–Kier alpha value is -8.71. The lowest BCUT2D eigenvalue weighted by Crippen LogP contribution is -2.10. The summed E-state index contributed by atoms with van der Waals surface area (Å²) in [6.07, 6.45) is 9.34. The van der Waals surface area contributed by atoms with Crippen LogP contribution in [-0.4, -0.2) is 19.5 Å². The molecule has 2 saturated carbocycles. The van der Waals surface area contributed by atoms with Crippen molar-refractivity contribution in [1.82, 2.24) is 19.5 Å². The maximum absolute atomic E-state index is 6.58. The number of furan rings is 1. The van der Waals surface area contributed by atoms with Crippen molar-refractivity contribution in [1.29, 1.82) is 0 Å². The fourth-order valence-electron chi connectivity index (χ4n) is 12.8. The quantitative estimate of drug-likeness (QED) is 0.156. The van der Waals surface area contributed by atoms with Crippen molar-refractivity contribution < 1.29 is 4.42 Å². The van der Waals surface area contributed by atoms with Gasteiger partial charge in [-0.25, -0.2) is 4.98 Å². The summed E-state index contributed by atoms with van der Waals surface area (Å²) in [5.74, 6) is 4.95. The highest BCUT2D eigenvalue weighted by Crippen LogP contribution is 2.61. The van der Waals surface area contributed by atoms with E-state index < -0.39 is 0 Å². The van der Waals surface area contributed by atoms with E-state index in [9.17, 15) is 0 Å². The number of hydrogen-bond donors (Lipinski definition) is 0. The first-order valence-electron chi connectivity index (χ1n) is 25.5. The summed E-state index contributed by atoms with van der Waals surface area (Å²) in [5, 5.41) is 9.67. The van der Waals surface area contributed by atoms with Crippen molar-refractivity contribution in [3.05, 3.63) is 222 Å². The third-order valence-electron chi connectivity index (χ3n) is 16.4. The average Bonchev–Trinajstić information content (AvgIpc) is 4.33. The molecule has 17 rings (SSSR count). The van der Waals surface area contributed by atoms with Gasteiger partial charge >= 0.3 is 0 Å². The SMILES string of the molecule is C1=CC2CC2c2sc3cc(-c4cccc(-c5cccc(-c6cccc7c8c9ccccc9c9ccccc9c8n(-c8nc(C9=Cc%10oc%11ccccc%11c%10C%10CC9%10)nc(-c9ccccc9)n8)c67)c5)c4)ccc3c21. The van der Waals surface area contributed by atoms with Crippen LogP contribution >= 0.6 is 11.3 Å². The van der Waals surface area contributed by atoms with E-state index in [0.717, 1.165) is 79.2 Å². The molecule has 5 nitrogen and oxygen atoms in total. The lowest BCUT2D eigenvalue weighted by atomic mass is 9.94. The molecule has 4 atom stereocenters. The molecular formula is C67H42N4OS. The molecule has 2 fully saturated rings. The minimum Gasteiger partial charge on any atom is -0.456 e. The molecule has 0 bridgehead atoms. The number of nitrogens with zero attached hydrogens (tertiary/aromatic N) is 4. The molecule has 0 spiro atoms. The number of allylic oxidation sites excluding steroid dienone is 2. The molecule has 4 aromatic heterocycles. The van der Waals surface area contributed by atoms with Gasteiger partial charge in [-0.1, -0.05) is 176 Å². The molecule has 0 aliphatic heterocycles. The van der Waals surface area contributed by atoms with E-state index in [1.807, 2.05) is 17.4 Å². The van der Waals surface area contributed by atoms with Crippen LogP contribution in [0.1, 0.15) is 52.3 Å². The van der Waals surface area contributed by atoms with Crippen LogP contribution in [0.5, 0.6) is 0 Å². The summed E-state index contributed by atoms with van der Waals surface area (Å²) in [6, 6.07) is 68.4. The van der Waals surface area contributed by atoms with Gasteiger partial charge in [-0.15, -0.1) is 11.3 Å². The smallest absolute Gasteiger partial charge is 0.238 e. The average molecular weight is 951 g/mol. The Balaban J connectivity index is 0.887. The first-order chi connectivity index (χ1) is 36.2. The van der Waals surface area contributed by atoms with Gasteiger partial charge in [0, 0.05) is 64.7 Å². The lowest BCUT2D eigenvalue weighted by molar-refractivity contribution is 0.596. The van der Waals surface area contributed by atoms with Crippen molar-refractivity contribution in [2.45, 2.75) is 24.7 Å². The monoisotopic (exact) mass is 950 g/mol. The molecule has 13 aromatic rings. The number of benzene rings is 9. The molecule has 9 aromatic carbocycles. The van der Waals surface area contributed by atoms with Crippen LogP contribution in [0.25, 0.3) is 133 Å². The molecule has 4 aliphatic carbocycles. The number of fused-ring (bicyclic) bond motifs is 18. The highest BCUT2D eigenvalue weighted by atomic mass is 32.1. The van der Waals surface area contributed by atoms with E-state index in [-0.39, 0.29) is 0 Å². The van der Waals surface area contributed by atoms with Gasteiger partial charge in [0.15, 0.2) is 11.6 Å². The van der Waals surface area contributed by atoms with E-state index in [4.69, 9.17) is 19.4 Å². The van der Waals surface area contributed by atoms with Crippen LogP contribution in [-0.2, 0) is 0 Å². The first-order valence-corrected chi connectivity index (χ1v) is 26.4. The third-order valence-corrected chi connectivity index (χ3v) is 17.7. The maximum atomic E-state index is 6.58. The summed E-state index contributed by atoms with van der Waals surface area (Å²) < 4.78 is 10.3. The zero-order valence-corrected chi connectivity index (χ0v) is 40.3. The van der Waals surface area contributed by atoms with Gasteiger partial charge in [0.05, 0.1) is 11.0 Å². The second kappa shape index (κ2) is 14.9. The van der Waals surface area contributed by atoms with Gasteiger partial charge in [0.25, 0.3) is 0 Å². The number of thiophene rings is 1. The zero-order valence-electron chi connectivity index (χ0n) is 39.5. The van der Waals surface area contributed by atoms with E-state index in [1.54, 1.807) is 4.88 Å². The number of hydrogen-bond acceptors (Lipinski definition) is 5. The van der Waals surface area contributed by atoms with E-state index in [1.165, 1.54) is 71.3 Å². The molecule has 6 heteroatoms. The van der Waals surface area contributed by atoms with Gasteiger partial charge < -0.3 is 4.42 Å². The van der Waals surface area contributed by atoms with Crippen molar-refractivity contribution in [3.8, 4) is 50.7 Å². The Labute approximate surface area is 424 Å². The molecule has 0 N–H and O–H groups in total. The number of aromatic nitrogens is 4. The second-order valence-corrected chi connectivity index (χ2v) is 21.6. The summed E-state index contributed by atoms with van der Waals surface area (Å²) in [7, 11) is 0. The normalized spacial score (nSPS) is 18.3. The molecule has 0 radical (unpaired) electrons. The Morgan fingerprint density at radius 2 is 1.14 bits per heavy atom. The van der Waals surface area contributed by atoms with Crippen LogP contribution < -0.4 is 0 Å². The van der Waals surface area contributed by atoms with E-state index >= 15 is 0 Å². The predicted molar refractivity (Wildman–Crippen MR) is 301 cm³/mol. The molecular weight excluding hydrogens is 909 g/mol.